The van der Waals surface area contributed by atoms with Gasteiger partial charge in [-0.1, -0.05) is 17.4 Å². The molecule has 0 atom stereocenters. The van der Waals surface area contributed by atoms with E-state index in [0.29, 0.717) is 36.4 Å². The molecule has 0 aliphatic carbocycles. The van der Waals surface area contributed by atoms with Gasteiger partial charge in [0.05, 0.1) is 6.42 Å². The minimum absolute atomic E-state index is 0.0582. The van der Waals surface area contributed by atoms with Crippen molar-refractivity contribution < 1.29 is 22.6 Å². The SMILES string of the molecule is FC(F)(F)Cc1nnc(NCc2ccc3c(c2)OCCO3)s1. The summed E-state index contributed by atoms with van der Waals surface area (Å²) in [5, 5.41) is 10.5. The molecule has 0 bridgehead atoms. The number of alkyl halides is 3. The van der Waals surface area contributed by atoms with Crippen molar-refractivity contribution in [3.8, 4) is 11.5 Å². The predicted octanol–water partition coefficient (Wildman–Crippen LogP) is 3.03. The molecule has 0 radical (unpaired) electrons. The number of fused-ring (bicyclic) bond motifs is 1. The van der Waals surface area contributed by atoms with Gasteiger partial charge in [-0.05, 0) is 17.7 Å². The summed E-state index contributed by atoms with van der Waals surface area (Å²) in [5.41, 5.74) is 0.914. The average molecular weight is 331 g/mol. The Hall–Kier alpha value is -2.03. The third-order valence-electron chi connectivity index (χ3n) is 2.87. The standard InChI is InChI=1S/C13H12F3N3O2S/c14-13(15,16)6-11-18-19-12(22-11)17-7-8-1-2-9-10(5-8)21-4-3-20-9/h1-2,5H,3-4,6-7H2,(H,17,19). The van der Waals surface area contributed by atoms with Crippen molar-refractivity contribution in [1.29, 1.82) is 0 Å². The van der Waals surface area contributed by atoms with Crippen LogP contribution in [0.25, 0.3) is 0 Å². The molecule has 2 heterocycles. The van der Waals surface area contributed by atoms with Crippen LogP contribution in [0.2, 0.25) is 0 Å². The third-order valence-corrected chi connectivity index (χ3v) is 3.75. The van der Waals surface area contributed by atoms with Crippen molar-refractivity contribution in [1.82, 2.24) is 10.2 Å². The van der Waals surface area contributed by atoms with Gasteiger partial charge >= 0.3 is 6.18 Å². The van der Waals surface area contributed by atoms with E-state index in [1.54, 1.807) is 6.07 Å². The van der Waals surface area contributed by atoms with Crippen molar-refractivity contribution >= 4 is 16.5 Å². The van der Waals surface area contributed by atoms with Gasteiger partial charge in [0.1, 0.15) is 18.2 Å². The Balaban J connectivity index is 1.60. The number of hydrogen-bond donors (Lipinski definition) is 1. The Morgan fingerprint density at radius 3 is 2.68 bits per heavy atom. The van der Waals surface area contributed by atoms with Crippen LogP contribution in [0.3, 0.4) is 0 Å². The molecular weight excluding hydrogens is 319 g/mol. The van der Waals surface area contributed by atoms with E-state index in [9.17, 15) is 13.2 Å². The number of aromatic nitrogens is 2. The highest BCUT2D eigenvalue weighted by molar-refractivity contribution is 7.15. The lowest BCUT2D eigenvalue weighted by Crippen LogP contribution is -2.15. The molecule has 1 aromatic carbocycles. The summed E-state index contributed by atoms with van der Waals surface area (Å²) in [6.45, 7) is 1.44. The van der Waals surface area contributed by atoms with E-state index < -0.39 is 12.6 Å². The minimum atomic E-state index is -4.27. The molecule has 9 heteroatoms. The topological polar surface area (TPSA) is 56.3 Å². The molecular formula is C13H12F3N3O2S. The van der Waals surface area contributed by atoms with E-state index in [4.69, 9.17) is 9.47 Å². The average Bonchev–Trinajstić information content (AvgIpc) is 2.90. The summed E-state index contributed by atoms with van der Waals surface area (Å²) in [4.78, 5) is 0. The number of nitrogens with zero attached hydrogens (tertiary/aromatic N) is 2. The van der Waals surface area contributed by atoms with Crippen LogP contribution < -0.4 is 14.8 Å². The molecule has 1 aliphatic heterocycles. The number of benzene rings is 1. The molecule has 0 saturated carbocycles. The Morgan fingerprint density at radius 2 is 1.91 bits per heavy atom. The number of hydrogen-bond acceptors (Lipinski definition) is 6. The molecule has 22 heavy (non-hydrogen) atoms. The predicted molar refractivity (Wildman–Crippen MR) is 74.4 cm³/mol. The molecule has 5 nitrogen and oxygen atoms in total. The van der Waals surface area contributed by atoms with Crippen molar-refractivity contribution in [3.63, 3.8) is 0 Å². The van der Waals surface area contributed by atoms with Crippen LogP contribution in [0.1, 0.15) is 10.6 Å². The summed E-state index contributed by atoms with van der Waals surface area (Å²) in [5.74, 6) is 1.36. The van der Waals surface area contributed by atoms with Crippen molar-refractivity contribution in [2.24, 2.45) is 0 Å². The van der Waals surface area contributed by atoms with Gasteiger partial charge in [0, 0.05) is 6.54 Å². The largest absolute Gasteiger partial charge is 0.486 e. The lowest BCUT2D eigenvalue weighted by atomic mass is 10.2. The zero-order valence-electron chi connectivity index (χ0n) is 11.3. The lowest BCUT2D eigenvalue weighted by molar-refractivity contribution is -0.127. The van der Waals surface area contributed by atoms with E-state index in [2.05, 4.69) is 15.5 Å². The molecule has 1 aromatic heterocycles. The van der Waals surface area contributed by atoms with Crippen LogP contribution in [0, 0.1) is 0 Å². The van der Waals surface area contributed by atoms with Crippen LogP contribution >= 0.6 is 11.3 Å². The smallest absolute Gasteiger partial charge is 0.395 e. The Labute approximate surface area is 128 Å². The van der Waals surface area contributed by atoms with E-state index in [1.807, 2.05) is 12.1 Å². The molecule has 118 valence electrons. The monoisotopic (exact) mass is 331 g/mol. The van der Waals surface area contributed by atoms with Gasteiger partial charge < -0.3 is 14.8 Å². The van der Waals surface area contributed by atoms with Gasteiger partial charge in [-0.3, -0.25) is 0 Å². The third kappa shape index (κ3) is 3.79. The molecule has 0 saturated heterocycles. The first-order valence-corrected chi connectivity index (χ1v) is 7.33. The molecule has 3 rings (SSSR count). The second-order valence-electron chi connectivity index (χ2n) is 4.62. The van der Waals surface area contributed by atoms with Crippen LogP contribution in [0.15, 0.2) is 18.2 Å². The molecule has 0 unspecified atom stereocenters. The van der Waals surface area contributed by atoms with Crippen molar-refractivity contribution in [2.45, 2.75) is 19.1 Å². The minimum Gasteiger partial charge on any atom is -0.486 e. The van der Waals surface area contributed by atoms with E-state index in [-0.39, 0.29) is 5.01 Å². The Kier molecular flexibility index (Phi) is 4.06. The molecule has 1 aliphatic rings. The number of anilines is 1. The van der Waals surface area contributed by atoms with Gasteiger partial charge in [-0.25, -0.2) is 0 Å². The first-order chi connectivity index (χ1) is 10.5. The molecule has 2 aromatic rings. The fraction of sp³-hybridized carbons (Fsp3) is 0.385. The first-order valence-electron chi connectivity index (χ1n) is 6.51. The summed E-state index contributed by atoms with van der Waals surface area (Å²) >= 11 is 0.899. The van der Waals surface area contributed by atoms with Crippen LogP contribution in [-0.2, 0) is 13.0 Å². The highest BCUT2D eigenvalue weighted by Gasteiger charge is 2.29. The quantitative estimate of drug-likeness (QED) is 0.933. The lowest BCUT2D eigenvalue weighted by Gasteiger charge is -2.18. The van der Waals surface area contributed by atoms with Gasteiger partial charge in [-0.15, -0.1) is 10.2 Å². The number of nitrogens with one attached hydrogen (secondary N) is 1. The highest BCUT2D eigenvalue weighted by Crippen LogP contribution is 2.31. The van der Waals surface area contributed by atoms with Crippen molar-refractivity contribution in [3.05, 3.63) is 28.8 Å². The zero-order valence-corrected chi connectivity index (χ0v) is 12.1. The van der Waals surface area contributed by atoms with E-state index >= 15 is 0 Å². The summed E-state index contributed by atoms with van der Waals surface area (Å²) in [7, 11) is 0. The van der Waals surface area contributed by atoms with E-state index in [0.717, 1.165) is 16.9 Å². The second kappa shape index (κ2) is 5.99. The van der Waals surface area contributed by atoms with Crippen molar-refractivity contribution in [2.75, 3.05) is 18.5 Å². The van der Waals surface area contributed by atoms with Gasteiger partial charge in [-0.2, -0.15) is 13.2 Å². The van der Waals surface area contributed by atoms with Gasteiger partial charge in [0.25, 0.3) is 0 Å². The molecule has 0 amide bonds. The fourth-order valence-electron chi connectivity index (χ4n) is 1.94. The van der Waals surface area contributed by atoms with E-state index in [1.165, 1.54) is 0 Å². The summed E-state index contributed by atoms with van der Waals surface area (Å²) in [6.07, 6.45) is -5.33. The van der Waals surface area contributed by atoms with Gasteiger partial charge in [0.2, 0.25) is 5.13 Å². The van der Waals surface area contributed by atoms with Gasteiger partial charge in [0.15, 0.2) is 11.5 Å². The maximum absolute atomic E-state index is 12.3. The Morgan fingerprint density at radius 1 is 1.14 bits per heavy atom. The maximum atomic E-state index is 12.3. The Bertz CT molecular complexity index is 660. The zero-order chi connectivity index (χ0) is 15.6. The molecule has 0 fully saturated rings. The van der Waals surface area contributed by atoms with Crippen LogP contribution in [-0.4, -0.2) is 29.6 Å². The molecule has 1 N–H and O–H groups in total. The maximum Gasteiger partial charge on any atom is 0.395 e. The molecule has 0 spiro atoms. The number of halogens is 3. The second-order valence-corrected chi connectivity index (χ2v) is 5.69. The van der Waals surface area contributed by atoms with Crippen LogP contribution in [0.5, 0.6) is 11.5 Å². The summed E-state index contributed by atoms with van der Waals surface area (Å²) < 4.78 is 47.7. The number of ether oxygens (including phenoxy) is 2. The normalized spacial score (nSPS) is 14.0. The number of rotatable bonds is 4. The highest BCUT2D eigenvalue weighted by atomic mass is 32.1. The fourth-order valence-corrected chi connectivity index (χ4v) is 2.71. The first kappa shape index (κ1) is 14.9. The van der Waals surface area contributed by atoms with Crippen LogP contribution in [0.4, 0.5) is 18.3 Å². The summed E-state index contributed by atoms with van der Waals surface area (Å²) in [6, 6.07) is 5.50.